The van der Waals surface area contributed by atoms with Crippen LogP contribution in [0, 0.1) is 5.92 Å². The van der Waals surface area contributed by atoms with Gasteiger partial charge < -0.3 is 14.8 Å². The molecule has 0 amide bonds. The first kappa shape index (κ1) is 22.3. The van der Waals surface area contributed by atoms with Gasteiger partial charge in [-0.1, -0.05) is 30.3 Å². The van der Waals surface area contributed by atoms with Crippen LogP contribution in [0.15, 0.2) is 36.4 Å². The maximum absolute atomic E-state index is 5.84. The van der Waals surface area contributed by atoms with Crippen LogP contribution in [-0.4, -0.2) is 51.4 Å². The molecule has 0 saturated carbocycles. The summed E-state index contributed by atoms with van der Waals surface area (Å²) in [6.45, 7) is 6.06. The number of nitrogens with zero attached hydrogens (tertiary/aromatic N) is 1. The molecule has 0 unspecified atom stereocenters. The Bertz CT molecular complexity index is 698. The largest absolute Gasteiger partial charge is 0.496 e. The molecule has 27 heavy (non-hydrogen) atoms. The van der Waals surface area contributed by atoms with Crippen molar-refractivity contribution in [3.63, 3.8) is 0 Å². The maximum Gasteiger partial charge on any atom is 0.124 e. The van der Waals surface area contributed by atoms with Gasteiger partial charge in [0.15, 0.2) is 0 Å². The van der Waals surface area contributed by atoms with Crippen LogP contribution in [0.5, 0.6) is 5.75 Å². The number of ether oxygens (including phenoxy) is 2. The van der Waals surface area contributed by atoms with E-state index < -0.39 is 0 Å². The van der Waals surface area contributed by atoms with Gasteiger partial charge in [-0.2, -0.15) is 0 Å². The average Bonchev–Trinajstić information content (AvgIpc) is 2.70. The zero-order valence-corrected chi connectivity index (χ0v) is 17.5. The molecule has 2 aromatic rings. The van der Waals surface area contributed by atoms with Gasteiger partial charge in [0.1, 0.15) is 5.75 Å². The Morgan fingerprint density at radius 2 is 1.74 bits per heavy atom. The van der Waals surface area contributed by atoms with Crippen molar-refractivity contribution in [1.29, 1.82) is 0 Å². The Kier molecular flexibility index (Phi) is 8.64. The van der Waals surface area contributed by atoms with Crippen molar-refractivity contribution in [3.05, 3.63) is 42.0 Å². The van der Waals surface area contributed by atoms with Gasteiger partial charge in [0.05, 0.1) is 7.11 Å². The van der Waals surface area contributed by atoms with E-state index in [0.717, 1.165) is 58.0 Å². The number of hydrogen-bond acceptors (Lipinski definition) is 4. The van der Waals surface area contributed by atoms with Crippen LogP contribution in [-0.2, 0) is 4.74 Å². The van der Waals surface area contributed by atoms with E-state index in [-0.39, 0.29) is 24.8 Å². The molecule has 0 radical (unpaired) electrons. The van der Waals surface area contributed by atoms with E-state index in [9.17, 15) is 0 Å². The van der Waals surface area contributed by atoms with Gasteiger partial charge >= 0.3 is 0 Å². The predicted octanol–water partition coefficient (Wildman–Crippen LogP) is 4.06. The van der Waals surface area contributed by atoms with Gasteiger partial charge in [-0.05, 0) is 35.6 Å². The fourth-order valence-electron chi connectivity index (χ4n) is 4.47. The predicted molar refractivity (Wildman–Crippen MR) is 116 cm³/mol. The van der Waals surface area contributed by atoms with Crippen LogP contribution < -0.4 is 10.1 Å². The smallest absolute Gasteiger partial charge is 0.124 e. The van der Waals surface area contributed by atoms with Crippen molar-refractivity contribution in [2.75, 3.05) is 46.5 Å². The van der Waals surface area contributed by atoms with E-state index >= 15 is 0 Å². The number of piperazine rings is 1. The minimum Gasteiger partial charge on any atom is -0.496 e. The molecule has 0 aliphatic carbocycles. The lowest BCUT2D eigenvalue weighted by molar-refractivity contribution is 0.0211. The molecule has 6 heteroatoms. The van der Waals surface area contributed by atoms with Crippen molar-refractivity contribution in [1.82, 2.24) is 10.2 Å². The molecule has 2 heterocycles. The van der Waals surface area contributed by atoms with Crippen LogP contribution in [0.1, 0.15) is 24.4 Å². The Morgan fingerprint density at radius 3 is 2.44 bits per heavy atom. The third-order valence-corrected chi connectivity index (χ3v) is 5.70. The molecule has 2 aliphatic heterocycles. The third kappa shape index (κ3) is 4.69. The van der Waals surface area contributed by atoms with Crippen molar-refractivity contribution in [2.24, 2.45) is 5.92 Å². The first-order chi connectivity index (χ1) is 12.4. The summed E-state index contributed by atoms with van der Waals surface area (Å²) < 4.78 is 11.5. The van der Waals surface area contributed by atoms with Crippen molar-refractivity contribution < 1.29 is 9.47 Å². The normalized spacial score (nSPS) is 19.7. The topological polar surface area (TPSA) is 33.7 Å². The zero-order chi connectivity index (χ0) is 17.1. The summed E-state index contributed by atoms with van der Waals surface area (Å²) in [6.07, 6.45) is 2.25. The zero-order valence-electron chi connectivity index (χ0n) is 15.9. The molecule has 0 spiro atoms. The summed E-state index contributed by atoms with van der Waals surface area (Å²) in [4.78, 5) is 2.66. The van der Waals surface area contributed by atoms with E-state index in [1.807, 2.05) is 0 Å². The molecule has 2 saturated heterocycles. The van der Waals surface area contributed by atoms with E-state index in [4.69, 9.17) is 9.47 Å². The quantitative estimate of drug-likeness (QED) is 0.820. The number of benzene rings is 2. The molecule has 4 nitrogen and oxygen atoms in total. The molecule has 2 aliphatic rings. The van der Waals surface area contributed by atoms with Gasteiger partial charge in [-0.25, -0.2) is 0 Å². The summed E-state index contributed by atoms with van der Waals surface area (Å²) in [6, 6.07) is 13.4. The molecule has 0 bridgehead atoms. The van der Waals surface area contributed by atoms with Crippen LogP contribution in [0.2, 0.25) is 0 Å². The average molecular weight is 413 g/mol. The van der Waals surface area contributed by atoms with E-state index in [2.05, 4.69) is 46.6 Å². The summed E-state index contributed by atoms with van der Waals surface area (Å²) in [7, 11) is 1.80. The Balaban J connectivity index is 0.00000131. The fraction of sp³-hybridized carbons (Fsp3) is 0.524. The number of rotatable bonds is 4. The first-order valence-corrected chi connectivity index (χ1v) is 9.46. The molecule has 1 atom stereocenters. The minimum absolute atomic E-state index is 0. The summed E-state index contributed by atoms with van der Waals surface area (Å²) in [5, 5.41) is 6.12. The van der Waals surface area contributed by atoms with Crippen molar-refractivity contribution in [2.45, 2.75) is 18.9 Å². The SMILES string of the molecule is COc1ccc2ccccc2c1[C@H](C1CCOCC1)N1CCNCC1.Cl.Cl. The number of fused-ring (bicyclic) bond motifs is 1. The van der Waals surface area contributed by atoms with Crippen LogP contribution in [0.4, 0.5) is 0 Å². The van der Waals surface area contributed by atoms with Gasteiger partial charge in [0, 0.05) is 51.0 Å². The molecular formula is C21H30Cl2N2O2. The monoisotopic (exact) mass is 412 g/mol. The second kappa shape index (κ2) is 10.5. The summed E-state index contributed by atoms with van der Waals surface area (Å²) in [5.41, 5.74) is 1.37. The number of hydrogen-bond donors (Lipinski definition) is 1. The van der Waals surface area contributed by atoms with Crippen LogP contribution in [0.25, 0.3) is 10.8 Å². The summed E-state index contributed by atoms with van der Waals surface area (Å²) >= 11 is 0. The number of methoxy groups -OCH3 is 1. The van der Waals surface area contributed by atoms with Crippen molar-refractivity contribution in [3.8, 4) is 5.75 Å². The Labute approximate surface area is 174 Å². The lowest BCUT2D eigenvalue weighted by atomic mass is 9.83. The van der Waals surface area contributed by atoms with Crippen LogP contribution >= 0.6 is 24.8 Å². The molecular weight excluding hydrogens is 383 g/mol. The second-order valence-electron chi connectivity index (χ2n) is 7.08. The summed E-state index contributed by atoms with van der Waals surface area (Å²) in [5.74, 6) is 1.64. The minimum atomic E-state index is 0. The lowest BCUT2D eigenvalue weighted by Crippen LogP contribution is -2.47. The highest BCUT2D eigenvalue weighted by Crippen LogP contribution is 2.43. The van der Waals surface area contributed by atoms with Gasteiger partial charge in [0.2, 0.25) is 0 Å². The van der Waals surface area contributed by atoms with Gasteiger partial charge in [0.25, 0.3) is 0 Å². The first-order valence-electron chi connectivity index (χ1n) is 9.46. The fourth-order valence-corrected chi connectivity index (χ4v) is 4.47. The number of nitrogens with one attached hydrogen (secondary N) is 1. The highest BCUT2D eigenvalue weighted by Gasteiger charge is 2.34. The second-order valence-corrected chi connectivity index (χ2v) is 7.08. The Morgan fingerprint density at radius 1 is 1.04 bits per heavy atom. The lowest BCUT2D eigenvalue weighted by Gasteiger charge is -2.42. The van der Waals surface area contributed by atoms with E-state index in [0.29, 0.717) is 12.0 Å². The standard InChI is InChI=1S/C21H28N2O2.2ClH/c1-24-19-7-6-16-4-2-3-5-18(16)20(19)21(17-8-14-25-15-9-17)23-12-10-22-11-13-23;;/h2-7,17,21-22H,8-15H2,1H3;2*1H/t21-;;/m0../s1. The molecule has 150 valence electrons. The maximum atomic E-state index is 5.84. The highest BCUT2D eigenvalue weighted by molar-refractivity contribution is 5.88. The molecule has 1 N–H and O–H groups in total. The number of halogens is 2. The molecule has 4 rings (SSSR count). The van der Waals surface area contributed by atoms with Crippen LogP contribution in [0.3, 0.4) is 0 Å². The van der Waals surface area contributed by atoms with E-state index in [1.54, 1.807) is 7.11 Å². The third-order valence-electron chi connectivity index (χ3n) is 5.70. The molecule has 2 fully saturated rings. The van der Waals surface area contributed by atoms with E-state index in [1.165, 1.54) is 16.3 Å². The van der Waals surface area contributed by atoms with Gasteiger partial charge in [-0.15, -0.1) is 24.8 Å². The Hall–Kier alpha value is -1.04. The van der Waals surface area contributed by atoms with Gasteiger partial charge in [-0.3, -0.25) is 4.90 Å². The van der Waals surface area contributed by atoms with Crippen molar-refractivity contribution >= 4 is 35.6 Å². The highest BCUT2D eigenvalue weighted by atomic mass is 35.5. The molecule has 2 aromatic carbocycles. The molecule has 0 aromatic heterocycles.